The first-order valence-electron chi connectivity index (χ1n) is 16.4. The molecule has 0 saturated carbocycles. The summed E-state index contributed by atoms with van der Waals surface area (Å²) < 4.78 is 0. The topological polar surface area (TPSA) is 38.7 Å². The summed E-state index contributed by atoms with van der Waals surface area (Å²) in [6.07, 6.45) is 5.66. The van der Waals surface area contributed by atoms with Gasteiger partial charge in [0.25, 0.3) is 0 Å². The average molecular weight is 831 g/mol. The third-order valence-corrected chi connectivity index (χ3v) is 8.08. The Balaban J connectivity index is 0.000000131. The maximum atomic E-state index is 4.45. The van der Waals surface area contributed by atoms with Gasteiger partial charge in [0, 0.05) is 18.6 Å². The van der Waals surface area contributed by atoms with E-state index in [-0.39, 0.29) is 20.1 Å². The van der Waals surface area contributed by atoms with E-state index in [2.05, 4.69) is 87.7 Å². The fraction of sp³-hybridized carbons (Fsp3) is 0. The van der Waals surface area contributed by atoms with Crippen molar-refractivity contribution >= 4 is 21.5 Å². The number of fused-ring (bicyclic) bond motifs is 2. The second kappa shape index (κ2) is 17.6. The molecule has 0 radical (unpaired) electrons. The van der Waals surface area contributed by atoms with Crippen LogP contribution in [-0.4, -0.2) is 15.0 Å². The van der Waals surface area contributed by atoms with Crippen molar-refractivity contribution in [2.45, 2.75) is 0 Å². The van der Waals surface area contributed by atoms with E-state index < -0.39 is 0 Å². The molecule has 9 rings (SSSR count). The molecule has 3 heterocycles. The van der Waals surface area contributed by atoms with Gasteiger partial charge >= 0.3 is 20.1 Å². The van der Waals surface area contributed by atoms with Gasteiger partial charge in [0.2, 0.25) is 0 Å². The Labute approximate surface area is 312 Å². The fourth-order valence-corrected chi connectivity index (χ4v) is 5.51. The smallest absolute Gasteiger partial charge is 0.305 e. The molecular formula is C47H32IrN3. The third kappa shape index (κ3) is 9.14. The molecule has 0 atom stereocenters. The first kappa shape index (κ1) is 34.8. The van der Waals surface area contributed by atoms with E-state index >= 15 is 0 Å². The monoisotopic (exact) mass is 831 g/mol. The van der Waals surface area contributed by atoms with E-state index in [1.807, 2.05) is 140 Å². The first-order chi connectivity index (χ1) is 24.8. The standard InChI is InChI=1S/C17H12N.2C15H10N.Ir/c1-3-7-14(8-4-1)16-11-12-18-17(13-16)15-9-5-2-6-10-15;2*1-2-6-12(7-3-1)15-10-13-8-4-5-9-14(13)11-16-15;/h1-9,11-13H;2*1-6,8-11H;/q3*-1;+3. The summed E-state index contributed by atoms with van der Waals surface area (Å²) in [5, 5.41) is 4.76. The summed E-state index contributed by atoms with van der Waals surface area (Å²) in [6, 6.07) is 68.4. The zero-order valence-corrected chi connectivity index (χ0v) is 30.0. The Morgan fingerprint density at radius 1 is 0.333 bits per heavy atom. The van der Waals surface area contributed by atoms with E-state index in [0.29, 0.717) is 0 Å². The van der Waals surface area contributed by atoms with Crippen LogP contribution in [0.3, 0.4) is 0 Å². The Bertz CT molecular complexity index is 2250. The van der Waals surface area contributed by atoms with Crippen LogP contribution in [0.5, 0.6) is 0 Å². The van der Waals surface area contributed by atoms with Crippen LogP contribution in [0.4, 0.5) is 0 Å². The van der Waals surface area contributed by atoms with Crippen LogP contribution in [0.15, 0.2) is 195 Å². The summed E-state index contributed by atoms with van der Waals surface area (Å²) in [5.41, 5.74) is 8.38. The largest absolute Gasteiger partial charge is 3.00 e. The molecule has 0 spiro atoms. The minimum absolute atomic E-state index is 0. The predicted octanol–water partition coefficient (Wildman–Crippen LogP) is 11.6. The van der Waals surface area contributed by atoms with Crippen molar-refractivity contribution in [2.75, 3.05) is 0 Å². The van der Waals surface area contributed by atoms with E-state index in [9.17, 15) is 0 Å². The van der Waals surface area contributed by atoms with Crippen molar-refractivity contribution in [3.8, 4) is 44.9 Å². The van der Waals surface area contributed by atoms with Gasteiger partial charge in [0.1, 0.15) is 0 Å². The van der Waals surface area contributed by atoms with E-state index in [4.69, 9.17) is 0 Å². The molecule has 4 heteroatoms. The molecule has 0 saturated heterocycles. The van der Waals surface area contributed by atoms with E-state index in [0.717, 1.165) is 33.8 Å². The molecule has 0 unspecified atom stereocenters. The number of pyridine rings is 3. The van der Waals surface area contributed by atoms with Crippen molar-refractivity contribution in [1.29, 1.82) is 0 Å². The van der Waals surface area contributed by atoms with Crippen LogP contribution in [-0.2, 0) is 20.1 Å². The van der Waals surface area contributed by atoms with E-state index in [1.54, 1.807) is 0 Å². The SMILES string of the molecule is [Ir+3].[c-]1ccccc1-c1cc(-c2ccccc2)ccn1.[c-]1ccccc1-c1cc2ccccc2cn1.[c-]1ccccc1-c1cc2ccccc2cn1. The molecule has 0 aliphatic heterocycles. The Kier molecular flexibility index (Phi) is 12.0. The van der Waals surface area contributed by atoms with Gasteiger partial charge in [-0.3, -0.25) is 0 Å². The van der Waals surface area contributed by atoms with E-state index in [1.165, 1.54) is 32.7 Å². The minimum Gasteiger partial charge on any atom is -0.305 e. The molecule has 0 aliphatic rings. The Morgan fingerprint density at radius 3 is 1.20 bits per heavy atom. The minimum atomic E-state index is 0. The van der Waals surface area contributed by atoms with Gasteiger partial charge < -0.3 is 15.0 Å². The average Bonchev–Trinajstić information content (AvgIpc) is 3.22. The van der Waals surface area contributed by atoms with Crippen molar-refractivity contribution in [2.24, 2.45) is 0 Å². The number of rotatable bonds is 4. The van der Waals surface area contributed by atoms with Crippen LogP contribution >= 0.6 is 0 Å². The molecular weight excluding hydrogens is 799 g/mol. The number of aromatic nitrogens is 3. The van der Waals surface area contributed by atoms with Crippen LogP contribution in [0.1, 0.15) is 0 Å². The molecule has 6 aromatic carbocycles. The van der Waals surface area contributed by atoms with Gasteiger partial charge in [-0.25, -0.2) is 0 Å². The normalized spacial score (nSPS) is 10.2. The number of hydrogen-bond donors (Lipinski definition) is 0. The van der Waals surface area contributed by atoms with Gasteiger partial charge in [0.15, 0.2) is 0 Å². The molecule has 0 bridgehead atoms. The van der Waals surface area contributed by atoms with Gasteiger partial charge in [-0.05, 0) is 55.8 Å². The van der Waals surface area contributed by atoms with Crippen LogP contribution in [0.25, 0.3) is 66.4 Å². The van der Waals surface area contributed by atoms with Crippen molar-refractivity contribution in [3.05, 3.63) is 213 Å². The Hall–Kier alpha value is -6.06. The summed E-state index contributed by atoms with van der Waals surface area (Å²) in [7, 11) is 0. The quantitative estimate of drug-likeness (QED) is 0.166. The Morgan fingerprint density at radius 2 is 0.745 bits per heavy atom. The van der Waals surface area contributed by atoms with Crippen LogP contribution < -0.4 is 0 Å². The number of nitrogens with zero attached hydrogens (tertiary/aromatic N) is 3. The summed E-state index contributed by atoms with van der Waals surface area (Å²) in [6.45, 7) is 0. The maximum Gasteiger partial charge on any atom is 3.00 e. The zero-order valence-electron chi connectivity index (χ0n) is 27.7. The number of benzene rings is 6. The van der Waals surface area contributed by atoms with Crippen molar-refractivity contribution in [3.63, 3.8) is 0 Å². The van der Waals surface area contributed by atoms with Gasteiger partial charge in [0.05, 0.1) is 0 Å². The van der Waals surface area contributed by atoms with Gasteiger partial charge in [-0.2, -0.15) is 0 Å². The molecule has 244 valence electrons. The molecule has 51 heavy (non-hydrogen) atoms. The molecule has 9 aromatic rings. The molecule has 3 aromatic heterocycles. The van der Waals surface area contributed by atoms with Gasteiger partial charge in [-0.1, -0.05) is 97.1 Å². The molecule has 0 N–H and O–H groups in total. The third-order valence-electron chi connectivity index (χ3n) is 8.08. The second-order valence-corrected chi connectivity index (χ2v) is 11.5. The fourth-order valence-electron chi connectivity index (χ4n) is 5.51. The summed E-state index contributed by atoms with van der Waals surface area (Å²) in [4.78, 5) is 13.3. The van der Waals surface area contributed by atoms with Crippen LogP contribution in [0, 0.1) is 18.2 Å². The first-order valence-corrected chi connectivity index (χ1v) is 16.4. The van der Waals surface area contributed by atoms with Crippen LogP contribution in [0.2, 0.25) is 0 Å². The summed E-state index contributed by atoms with van der Waals surface area (Å²) in [5.74, 6) is 0. The van der Waals surface area contributed by atoms with Gasteiger partial charge in [-0.15, -0.1) is 108 Å². The molecule has 3 nitrogen and oxygen atoms in total. The zero-order chi connectivity index (χ0) is 33.8. The van der Waals surface area contributed by atoms with Crippen molar-refractivity contribution in [1.82, 2.24) is 15.0 Å². The molecule has 0 fully saturated rings. The number of hydrogen-bond acceptors (Lipinski definition) is 3. The maximum absolute atomic E-state index is 4.45. The second-order valence-electron chi connectivity index (χ2n) is 11.5. The molecule has 0 aliphatic carbocycles. The molecule has 0 amide bonds. The van der Waals surface area contributed by atoms with Crippen molar-refractivity contribution < 1.29 is 20.1 Å². The summed E-state index contributed by atoms with van der Waals surface area (Å²) >= 11 is 0. The predicted molar refractivity (Wildman–Crippen MR) is 206 cm³/mol.